The Labute approximate surface area is 121 Å². The van der Waals surface area contributed by atoms with Crippen LogP contribution in [0.25, 0.3) is 11.4 Å². The maximum Gasteiger partial charge on any atom is 0.243 e. The van der Waals surface area contributed by atoms with E-state index in [0.717, 1.165) is 6.26 Å². The Balaban J connectivity index is 2.12. The van der Waals surface area contributed by atoms with Gasteiger partial charge in [-0.2, -0.15) is 4.98 Å². The van der Waals surface area contributed by atoms with Crippen LogP contribution < -0.4 is 5.73 Å². The molecule has 0 fully saturated rings. The highest BCUT2D eigenvalue weighted by atomic mass is 35.5. The maximum absolute atomic E-state index is 11.1. The van der Waals surface area contributed by atoms with Gasteiger partial charge in [0, 0.05) is 16.8 Å². The third-order valence-electron chi connectivity index (χ3n) is 2.64. The molecule has 1 aromatic heterocycles. The highest BCUT2D eigenvalue weighted by Gasteiger charge is 2.17. The summed E-state index contributed by atoms with van der Waals surface area (Å²) in [6.45, 7) is 0. The first-order chi connectivity index (χ1) is 9.35. The zero-order valence-electron chi connectivity index (χ0n) is 10.8. The molecule has 0 aliphatic heterocycles. The Bertz CT molecular complexity index is 699. The molecule has 0 amide bonds. The van der Waals surface area contributed by atoms with Crippen molar-refractivity contribution in [3.63, 3.8) is 0 Å². The number of nitrogens with two attached hydrogens (primary N) is 1. The molecule has 8 heteroatoms. The van der Waals surface area contributed by atoms with E-state index in [0.29, 0.717) is 16.4 Å². The molecule has 0 spiro atoms. The lowest BCUT2D eigenvalue weighted by Crippen LogP contribution is -2.16. The number of hydrogen-bond donors (Lipinski definition) is 1. The molecule has 108 valence electrons. The number of aromatic nitrogens is 2. The van der Waals surface area contributed by atoms with E-state index in [1.807, 2.05) is 0 Å². The summed E-state index contributed by atoms with van der Waals surface area (Å²) in [5.74, 6) is 0.559. The Kier molecular flexibility index (Phi) is 4.42. The summed E-state index contributed by atoms with van der Waals surface area (Å²) in [5, 5.41) is 4.38. The minimum absolute atomic E-state index is 0.0248. The molecular weight excluding hydrogens is 302 g/mol. The summed E-state index contributed by atoms with van der Waals surface area (Å²) in [4.78, 5) is 4.17. The molecule has 0 aliphatic rings. The highest BCUT2D eigenvalue weighted by Crippen LogP contribution is 2.22. The van der Waals surface area contributed by atoms with E-state index in [2.05, 4.69) is 10.1 Å². The second-order valence-corrected chi connectivity index (χ2v) is 7.19. The van der Waals surface area contributed by atoms with E-state index < -0.39 is 15.9 Å². The number of halogens is 1. The predicted molar refractivity (Wildman–Crippen MR) is 76.0 cm³/mol. The van der Waals surface area contributed by atoms with Crippen LogP contribution in [-0.2, 0) is 9.84 Å². The second kappa shape index (κ2) is 5.90. The fourth-order valence-electron chi connectivity index (χ4n) is 1.60. The fraction of sp³-hybridized carbons (Fsp3) is 0.333. The lowest BCUT2D eigenvalue weighted by molar-refractivity contribution is 0.352. The minimum Gasteiger partial charge on any atom is -0.337 e. The highest BCUT2D eigenvalue weighted by molar-refractivity contribution is 7.90. The van der Waals surface area contributed by atoms with Gasteiger partial charge in [-0.3, -0.25) is 0 Å². The van der Waals surface area contributed by atoms with E-state index in [1.165, 1.54) is 0 Å². The monoisotopic (exact) mass is 315 g/mol. The molecule has 6 nitrogen and oxygen atoms in total. The van der Waals surface area contributed by atoms with Crippen molar-refractivity contribution in [2.24, 2.45) is 5.73 Å². The van der Waals surface area contributed by atoms with Crippen molar-refractivity contribution in [1.29, 1.82) is 0 Å². The number of sulfone groups is 1. The fourth-order valence-corrected chi connectivity index (χ4v) is 2.47. The van der Waals surface area contributed by atoms with Crippen molar-refractivity contribution >= 4 is 21.4 Å². The van der Waals surface area contributed by atoms with Crippen LogP contribution in [0, 0.1) is 0 Å². The van der Waals surface area contributed by atoms with E-state index in [1.54, 1.807) is 24.3 Å². The first-order valence-electron chi connectivity index (χ1n) is 5.88. The molecule has 1 heterocycles. The van der Waals surface area contributed by atoms with E-state index in [-0.39, 0.29) is 18.1 Å². The van der Waals surface area contributed by atoms with Gasteiger partial charge in [-0.25, -0.2) is 8.42 Å². The first kappa shape index (κ1) is 15.0. The van der Waals surface area contributed by atoms with Gasteiger partial charge < -0.3 is 10.3 Å². The Morgan fingerprint density at radius 2 is 2.20 bits per heavy atom. The number of nitrogens with zero attached hydrogens (tertiary/aromatic N) is 2. The molecule has 2 N–H and O–H groups in total. The Hall–Kier alpha value is -1.44. The molecule has 20 heavy (non-hydrogen) atoms. The Morgan fingerprint density at radius 1 is 1.45 bits per heavy atom. The number of rotatable bonds is 5. The van der Waals surface area contributed by atoms with Crippen molar-refractivity contribution in [3.8, 4) is 11.4 Å². The lowest BCUT2D eigenvalue weighted by atomic mass is 10.2. The predicted octanol–water partition coefficient (Wildman–Crippen LogP) is 1.82. The average Bonchev–Trinajstić information content (AvgIpc) is 2.84. The summed E-state index contributed by atoms with van der Waals surface area (Å²) in [6, 6.07) is 6.41. The molecule has 1 aromatic carbocycles. The molecule has 0 saturated carbocycles. The van der Waals surface area contributed by atoms with Gasteiger partial charge in [-0.05, 0) is 18.6 Å². The van der Waals surface area contributed by atoms with E-state index in [9.17, 15) is 8.42 Å². The van der Waals surface area contributed by atoms with Gasteiger partial charge in [0.05, 0.1) is 11.8 Å². The average molecular weight is 316 g/mol. The van der Waals surface area contributed by atoms with Crippen molar-refractivity contribution in [2.45, 2.75) is 12.5 Å². The van der Waals surface area contributed by atoms with Crippen LogP contribution in [0.3, 0.4) is 0 Å². The van der Waals surface area contributed by atoms with Crippen molar-refractivity contribution < 1.29 is 12.9 Å². The molecule has 0 aliphatic carbocycles. The van der Waals surface area contributed by atoms with Crippen LogP contribution in [0.5, 0.6) is 0 Å². The van der Waals surface area contributed by atoms with Crippen LogP contribution >= 0.6 is 11.6 Å². The third kappa shape index (κ3) is 4.03. The standard InChI is InChI=1S/C12H14ClN3O3S/c1-20(17,18)6-5-10(14)12-15-11(16-19-12)8-3-2-4-9(13)7-8/h2-4,7,10H,5-6,14H2,1H3. The normalized spacial score (nSPS) is 13.3. The van der Waals surface area contributed by atoms with Crippen molar-refractivity contribution in [2.75, 3.05) is 12.0 Å². The summed E-state index contributed by atoms with van der Waals surface area (Å²) in [5.41, 5.74) is 6.55. The molecule has 1 unspecified atom stereocenters. The van der Waals surface area contributed by atoms with Gasteiger partial charge in [0.25, 0.3) is 0 Å². The summed E-state index contributed by atoms with van der Waals surface area (Å²) >= 11 is 5.89. The molecule has 0 radical (unpaired) electrons. The second-order valence-electron chi connectivity index (χ2n) is 4.49. The Morgan fingerprint density at radius 3 is 2.85 bits per heavy atom. The van der Waals surface area contributed by atoms with Crippen LogP contribution in [0.1, 0.15) is 18.4 Å². The van der Waals surface area contributed by atoms with Crippen LogP contribution in [0.4, 0.5) is 0 Å². The molecule has 2 aromatic rings. The zero-order chi connectivity index (χ0) is 14.8. The SMILES string of the molecule is CS(=O)(=O)CCC(N)c1nc(-c2cccc(Cl)c2)no1. The van der Waals surface area contributed by atoms with Gasteiger partial charge in [-0.1, -0.05) is 28.9 Å². The topological polar surface area (TPSA) is 99.1 Å². The maximum atomic E-state index is 11.1. The van der Waals surface area contributed by atoms with Gasteiger partial charge in [0.2, 0.25) is 11.7 Å². The first-order valence-corrected chi connectivity index (χ1v) is 8.32. The largest absolute Gasteiger partial charge is 0.337 e. The van der Waals surface area contributed by atoms with Gasteiger partial charge in [0.1, 0.15) is 9.84 Å². The lowest BCUT2D eigenvalue weighted by Gasteiger charge is -2.04. The van der Waals surface area contributed by atoms with E-state index in [4.69, 9.17) is 21.9 Å². The third-order valence-corrected chi connectivity index (χ3v) is 3.85. The number of benzene rings is 1. The summed E-state index contributed by atoms with van der Waals surface area (Å²) in [7, 11) is -3.07. The van der Waals surface area contributed by atoms with Gasteiger partial charge in [-0.15, -0.1) is 0 Å². The molecular formula is C12H14ClN3O3S. The minimum atomic E-state index is -3.07. The van der Waals surface area contributed by atoms with Crippen LogP contribution in [0.2, 0.25) is 5.02 Å². The molecule has 0 bridgehead atoms. The summed E-state index contributed by atoms with van der Waals surface area (Å²) < 4.78 is 27.3. The van der Waals surface area contributed by atoms with Gasteiger partial charge >= 0.3 is 0 Å². The quantitative estimate of drug-likeness (QED) is 0.903. The smallest absolute Gasteiger partial charge is 0.243 e. The van der Waals surface area contributed by atoms with E-state index >= 15 is 0 Å². The molecule has 1 atom stereocenters. The number of hydrogen-bond acceptors (Lipinski definition) is 6. The van der Waals surface area contributed by atoms with Crippen LogP contribution in [0.15, 0.2) is 28.8 Å². The van der Waals surface area contributed by atoms with Crippen molar-refractivity contribution in [3.05, 3.63) is 35.2 Å². The summed E-state index contributed by atoms with van der Waals surface area (Å²) in [6.07, 6.45) is 1.39. The molecule has 2 rings (SSSR count). The molecule has 0 saturated heterocycles. The van der Waals surface area contributed by atoms with Crippen molar-refractivity contribution in [1.82, 2.24) is 10.1 Å². The van der Waals surface area contributed by atoms with Crippen LogP contribution in [-0.4, -0.2) is 30.6 Å². The van der Waals surface area contributed by atoms with Gasteiger partial charge in [0.15, 0.2) is 0 Å². The zero-order valence-corrected chi connectivity index (χ0v) is 12.4.